The molecule has 2 rings (SSSR count). The lowest BCUT2D eigenvalue weighted by atomic mass is 10.2. The average molecular weight is 324 g/mol. The first-order chi connectivity index (χ1) is 9.10. The van der Waals surface area contributed by atoms with E-state index in [1.54, 1.807) is 6.07 Å². The molecule has 0 aliphatic carbocycles. The second kappa shape index (κ2) is 6.06. The van der Waals surface area contributed by atoms with Gasteiger partial charge in [-0.25, -0.2) is 4.39 Å². The van der Waals surface area contributed by atoms with E-state index in [0.29, 0.717) is 6.54 Å². The van der Waals surface area contributed by atoms with Gasteiger partial charge < -0.3 is 10.1 Å². The van der Waals surface area contributed by atoms with Crippen LogP contribution in [-0.4, -0.2) is 7.11 Å². The molecule has 0 amide bonds. The summed E-state index contributed by atoms with van der Waals surface area (Å²) in [6.45, 7) is 2.59. The van der Waals surface area contributed by atoms with Gasteiger partial charge in [-0.15, -0.1) is 0 Å². The van der Waals surface area contributed by atoms with E-state index in [2.05, 4.69) is 21.2 Å². The molecule has 0 atom stereocenters. The van der Waals surface area contributed by atoms with Gasteiger partial charge in [0.2, 0.25) is 0 Å². The van der Waals surface area contributed by atoms with Crippen LogP contribution in [-0.2, 0) is 6.54 Å². The fraction of sp³-hybridized carbons (Fsp3) is 0.200. The van der Waals surface area contributed by atoms with Gasteiger partial charge in [-0.3, -0.25) is 0 Å². The van der Waals surface area contributed by atoms with E-state index in [-0.39, 0.29) is 11.6 Å². The molecule has 0 bridgehead atoms. The van der Waals surface area contributed by atoms with Crippen LogP contribution in [0, 0.1) is 12.7 Å². The minimum atomic E-state index is -0.342. The van der Waals surface area contributed by atoms with E-state index in [1.807, 2.05) is 31.2 Å². The third kappa shape index (κ3) is 3.47. The Morgan fingerprint density at radius 3 is 2.68 bits per heavy atom. The lowest BCUT2D eigenvalue weighted by Crippen LogP contribution is -2.01. The quantitative estimate of drug-likeness (QED) is 0.893. The molecular formula is C15H15BrFNO. The molecule has 0 saturated carbocycles. The second-order valence-corrected chi connectivity index (χ2v) is 5.16. The number of halogens is 2. The Hall–Kier alpha value is -1.55. The van der Waals surface area contributed by atoms with Crippen molar-refractivity contribution in [3.63, 3.8) is 0 Å². The summed E-state index contributed by atoms with van der Waals surface area (Å²) in [6, 6.07) is 11.0. The summed E-state index contributed by atoms with van der Waals surface area (Å²) in [5, 5.41) is 3.28. The van der Waals surface area contributed by atoms with Crippen molar-refractivity contribution in [2.45, 2.75) is 13.5 Å². The van der Waals surface area contributed by atoms with Crippen molar-refractivity contribution in [3.8, 4) is 5.75 Å². The summed E-state index contributed by atoms with van der Waals surface area (Å²) in [6.07, 6.45) is 0. The number of anilines is 1. The van der Waals surface area contributed by atoms with Gasteiger partial charge in [0.05, 0.1) is 7.11 Å². The molecule has 2 aromatic carbocycles. The summed E-state index contributed by atoms with van der Waals surface area (Å²) in [5.74, 6) is -0.0782. The third-order valence-corrected chi connectivity index (χ3v) is 3.51. The van der Waals surface area contributed by atoms with Crippen LogP contribution in [0.2, 0.25) is 0 Å². The van der Waals surface area contributed by atoms with Crippen molar-refractivity contribution in [3.05, 3.63) is 57.8 Å². The zero-order valence-electron chi connectivity index (χ0n) is 10.8. The van der Waals surface area contributed by atoms with Crippen molar-refractivity contribution in [1.82, 2.24) is 0 Å². The molecule has 0 unspecified atom stereocenters. The number of hydrogen-bond acceptors (Lipinski definition) is 2. The van der Waals surface area contributed by atoms with Gasteiger partial charge >= 0.3 is 0 Å². The average Bonchev–Trinajstić information content (AvgIpc) is 2.40. The molecule has 4 heteroatoms. The number of ether oxygens (including phenoxy) is 1. The van der Waals surface area contributed by atoms with E-state index in [0.717, 1.165) is 15.7 Å². The highest BCUT2D eigenvalue weighted by Gasteiger charge is 2.04. The summed E-state index contributed by atoms with van der Waals surface area (Å²) < 4.78 is 19.4. The molecule has 19 heavy (non-hydrogen) atoms. The molecule has 0 fully saturated rings. The standard InChI is InChI=1S/C15H15BrFNO/c1-10-3-5-12(16)14(7-10)18-9-11-4-6-15(19-2)13(17)8-11/h3-8,18H,9H2,1-2H3. The number of hydrogen-bond donors (Lipinski definition) is 1. The molecule has 2 nitrogen and oxygen atoms in total. The maximum Gasteiger partial charge on any atom is 0.165 e. The minimum absolute atomic E-state index is 0.264. The van der Waals surface area contributed by atoms with E-state index in [9.17, 15) is 4.39 Å². The maximum atomic E-state index is 13.6. The Balaban J connectivity index is 2.10. The predicted octanol–water partition coefficient (Wildman–Crippen LogP) is 4.52. The number of nitrogens with one attached hydrogen (secondary N) is 1. The van der Waals surface area contributed by atoms with E-state index >= 15 is 0 Å². The van der Waals surface area contributed by atoms with E-state index < -0.39 is 0 Å². The molecule has 0 aliphatic rings. The Bertz CT molecular complexity index is 586. The largest absolute Gasteiger partial charge is 0.494 e. The van der Waals surface area contributed by atoms with Crippen molar-refractivity contribution >= 4 is 21.6 Å². The highest BCUT2D eigenvalue weighted by atomic mass is 79.9. The fourth-order valence-electron chi connectivity index (χ4n) is 1.79. The van der Waals surface area contributed by atoms with Crippen LogP contribution >= 0.6 is 15.9 Å². The van der Waals surface area contributed by atoms with Crippen LogP contribution in [0.25, 0.3) is 0 Å². The van der Waals surface area contributed by atoms with Crippen molar-refractivity contribution in [2.75, 3.05) is 12.4 Å². The van der Waals surface area contributed by atoms with Gasteiger partial charge in [0.1, 0.15) is 0 Å². The Morgan fingerprint density at radius 2 is 2.00 bits per heavy atom. The van der Waals surface area contributed by atoms with Crippen LogP contribution in [0.5, 0.6) is 5.75 Å². The molecule has 100 valence electrons. The van der Waals surface area contributed by atoms with Gasteiger partial charge in [-0.2, -0.15) is 0 Å². The lowest BCUT2D eigenvalue weighted by molar-refractivity contribution is 0.386. The lowest BCUT2D eigenvalue weighted by Gasteiger charge is -2.10. The number of rotatable bonds is 4. The van der Waals surface area contributed by atoms with Gasteiger partial charge in [-0.1, -0.05) is 12.1 Å². The van der Waals surface area contributed by atoms with Crippen LogP contribution < -0.4 is 10.1 Å². The van der Waals surface area contributed by atoms with Crippen molar-refractivity contribution < 1.29 is 9.13 Å². The first-order valence-corrected chi connectivity index (χ1v) is 6.72. The maximum absolute atomic E-state index is 13.6. The first-order valence-electron chi connectivity index (χ1n) is 5.92. The van der Waals surface area contributed by atoms with E-state index in [1.165, 1.54) is 18.7 Å². The number of aryl methyl sites for hydroxylation is 1. The monoisotopic (exact) mass is 323 g/mol. The summed E-state index contributed by atoms with van der Waals surface area (Å²) in [7, 11) is 1.46. The summed E-state index contributed by atoms with van der Waals surface area (Å²) in [5.41, 5.74) is 3.04. The molecule has 0 spiro atoms. The highest BCUT2D eigenvalue weighted by molar-refractivity contribution is 9.10. The predicted molar refractivity (Wildman–Crippen MR) is 79.2 cm³/mol. The molecular weight excluding hydrogens is 309 g/mol. The van der Waals surface area contributed by atoms with Crippen LogP contribution in [0.15, 0.2) is 40.9 Å². The first kappa shape index (κ1) is 13.9. The van der Waals surface area contributed by atoms with Gasteiger partial charge in [0, 0.05) is 16.7 Å². The number of benzene rings is 2. The highest BCUT2D eigenvalue weighted by Crippen LogP contribution is 2.24. The van der Waals surface area contributed by atoms with Gasteiger partial charge in [-0.05, 0) is 58.2 Å². The van der Waals surface area contributed by atoms with Crippen LogP contribution in [0.3, 0.4) is 0 Å². The van der Waals surface area contributed by atoms with Crippen LogP contribution in [0.1, 0.15) is 11.1 Å². The molecule has 0 saturated heterocycles. The molecule has 1 N–H and O–H groups in total. The molecule has 0 heterocycles. The Kier molecular flexibility index (Phi) is 4.43. The minimum Gasteiger partial charge on any atom is -0.494 e. The van der Waals surface area contributed by atoms with Gasteiger partial charge in [0.15, 0.2) is 11.6 Å². The number of methoxy groups -OCH3 is 1. The summed E-state index contributed by atoms with van der Waals surface area (Å²) >= 11 is 3.48. The summed E-state index contributed by atoms with van der Waals surface area (Å²) in [4.78, 5) is 0. The second-order valence-electron chi connectivity index (χ2n) is 4.31. The molecule has 0 radical (unpaired) electrons. The van der Waals surface area contributed by atoms with Gasteiger partial charge in [0.25, 0.3) is 0 Å². The zero-order chi connectivity index (χ0) is 13.8. The van der Waals surface area contributed by atoms with Crippen molar-refractivity contribution in [2.24, 2.45) is 0 Å². The fourth-order valence-corrected chi connectivity index (χ4v) is 2.18. The molecule has 0 aromatic heterocycles. The molecule has 0 aliphatic heterocycles. The van der Waals surface area contributed by atoms with E-state index in [4.69, 9.17) is 4.74 Å². The smallest absolute Gasteiger partial charge is 0.165 e. The third-order valence-electron chi connectivity index (χ3n) is 2.82. The normalized spacial score (nSPS) is 10.3. The van der Waals surface area contributed by atoms with Crippen molar-refractivity contribution in [1.29, 1.82) is 0 Å². The zero-order valence-corrected chi connectivity index (χ0v) is 12.4. The Morgan fingerprint density at radius 1 is 1.21 bits per heavy atom. The van der Waals surface area contributed by atoms with Crippen LogP contribution in [0.4, 0.5) is 10.1 Å². The molecule has 2 aromatic rings. The Labute approximate surface area is 120 Å². The topological polar surface area (TPSA) is 21.3 Å². The SMILES string of the molecule is COc1ccc(CNc2cc(C)ccc2Br)cc1F.